The number of benzene rings is 2. The molecule has 0 aliphatic rings. The largest absolute Gasteiger partial charge is 0.492 e. The molecule has 6 heteroatoms. The summed E-state index contributed by atoms with van der Waals surface area (Å²) in [7, 11) is 0. The van der Waals surface area contributed by atoms with Gasteiger partial charge in [0, 0.05) is 0 Å². The molecule has 0 unspecified atom stereocenters. The van der Waals surface area contributed by atoms with E-state index in [9.17, 15) is 9.59 Å². The summed E-state index contributed by atoms with van der Waals surface area (Å²) in [5.41, 5.74) is 0.393. The van der Waals surface area contributed by atoms with Crippen molar-refractivity contribution in [2.24, 2.45) is 5.92 Å². The van der Waals surface area contributed by atoms with Gasteiger partial charge >= 0.3 is 11.9 Å². The van der Waals surface area contributed by atoms with E-state index >= 15 is 0 Å². The van der Waals surface area contributed by atoms with Gasteiger partial charge in [-0.05, 0) is 64.7 Å². The third kappa shape index (κ3) is 5.60. The molecule has 1 N–H and O–H groups in total. The molecule has 0 bridgehead atoms. The molecule has 0 aliphatic heterocycles. The Hall–Kier alpha value is -2.34. The van der Waals surface area contributed by atoms with Gasteiger partial charge in [0.1, 0.15) is 11.5 Å². The van der Waals surface area contributed by atoms with Crippen LogP contribution in [0.25, 0.3) is 0 Å². The zero-order valence-corrected chi connectivity index (χ0v) is 15.6. The minimum atomic E-state index is -1.08. The fourth-order valence-electron chi connectivity index (χ4n) is 2.01. The van der Waals surface area contributed by atoms with Crippen molar-refractivity contribution in [3.05, 3.63) is 58.1 Å². The monoisotopic (exact) mass is 406 g/mol. The highest BCUT2D eigenvalue weighted by Gasteiger charge is 2.13. The Morgan fingerprint density at radius 1 is 1.12 bits per heavy atom. The predicted octanol–water partition coefficient (Wildman–Crippen LogP) is 4.79. The number of hydrogen-bond acceptors (Lipinski definition) is 4. The molecular formula is C19H19BrO5. The van der Waals surface area contributed by atoms with Gasteiger partial charge in [-0.15, -0.1) is 0 Å². The summed E-state index contributed by atoms with van der Waals surface area (Å²) in [6, 6.07) is 10.7. The highest BCUT2D eigenvalue weighted by atomic mass is 79.9. The van der Waals surface area contributed by atoms with E-state index < -0.39 is 11.9 Å². The van der Waals surface area contributed by atoms with E-state index in [0.717, 1.165) is 6.42 Å². The van der Waals surface area contributed by atoms with Gasteiger partial charge in [-0.2, -0.15) is 0 Å². The zero-order chi connectivity index (χ0) is 18.4. The lowest BCUT2D eigenvalue weighted by atomic mass is 10.1. The number of halogens is 1. The topological polar surface area (TPSA) is 72.8 Å². The van der Waals surface area contributed by atoms with Crippen molar-refractivity contribution >= 4 is 27.9 Å². The van der Waals surface area contributed by atoms with Crippen LogP contribution in [0.15, 0.2) is 46.9 Å². The number of carbonyl (C=O) groups is 2. The van der Waals surface area contributed by atoms with Gasteiger partial charge in [0.25, 0.3) is 0 Å². The van der Waals surface area contributed by atoms with Gasteiger partial charge in [0.2, 0.25) is 0 Å². The molecule has 2 aromatic carbocycles. The van der Waals surface area contributed by atoms with Crippen molar-refractivity contribution in [3.63, 3.8) is 0 Å². The van der Waals surface area contributed by atoms with Crippen LogP contribution in [-0.4, -0.2) is 23.7 Å². The molecule has 2 rings (SSSR count). The first-order chi connectivity index (χ1) is 11.9. The van der Waals surface area contributed by atoms with Gasteiger partial charge in [-0.1, -0.05) is 19.9 Å². The molecule has 0 saturated heterocycles. The molecule has 0 radical (unpaired) electrons. The highest BCUT2D eigenvalue weighted by Crippen LogP contribution is 2.27. The van der Waals surface area contributed by atoms with Crippen LogP contribution < -0.4 is 9.47 Å². The van der Waals surface area contributed by atoms with E-state index in [1.54, 1.807) is 18.2 Å². The number of hydrogen-bond donors (Lipinski definition) is 1. The highest BCUT2D eigenvalue weighted by molar-refractivity contribution is 9.10. The third-order valence-corrected chi connectivity index (χ3v) is 4.03. The third-order valence-electron chi connectivity index (χ3n) is 3.41. The smallest absolute Gasteiger partial charge is 0.343 e. The Balaban J connectivity index is 2.06. The van der Waals surface area contributed by atoms with Crippen LogP contribution in [0.1, 0.15) is 41.0 Å². The van der Waals surface area contributed by atoms with Crippen LogP contribution in [0.5, 0.6) is 11.5 Å². The maximum Gasteiger partial charge on any atom is 0.343 e. The molecule has 25 heavy (non-hydrogen) atoms. The molecule has 2 aromatic rings. The molecule has 0 spiro atoms. The van der Waals surface area contributed by atoms with E-state index in [1.807, 2.05) is 0 Å². The van der Waals surface area contributed by atoms with Gasteiger partial charge in [0.05, 0.1) is 22.2 Å². The Morgan fingerprint density at radius 3 is 2.52 bits per heavy atom. The average Bonchev–Trinajstić information content (AvgIpc) is 2.56. The van der Waals surface area contributed by atoms with Gasteiger partial charge in [-0.25, -0.2) is 9.59 Å². The summed E-state index contributed by atoms with van der Waals surface area (Å²) in [5, 5.41) is 8.97. The van der Waals surface area contributed by atoms with Crippen molar-refractivity contribution in [2.75, 3.05) is 6.61 Å². The molecule has 5 nitrogen and oxygen atoms in total. The Labute approximate surface area is 154 Å². The Morgan fingerprint density at radius 2 is 1.88 bits per heavy atom. The average molecular weight is 407 g/mol. The SMILES string of the molecule is CC(C)CCOc1ccc(C(=O)Oc2cccc(C(=O)O)c2)cc1Br. The summed E-state index contributed by atoms with van der Waals surface area (Å²) in [6.07, 6.45) is 0.941. The lowest BCUT2D eigenvalue weighted by Crippen LogP contribution is -2.09. The molecule has 0 fully saturated rings. The first-order valence-electron chi connectivity index (χ1n) is 7.84. The van der Waals surface area contributed by atoms with E-state index in [4.69, 9.17) is 14.6 Å². The fourth-order valence-corrected chi connectivity index (χ4v) is 2.50. The second kappa shape index (κ2) is 8.67. The summed E-state index contributed by atoms with van der Waals surface area (Å²) in [6.45, 7) is 4.84. The maximum absolute atomic E-state index is 12.2. The van der Waals surface area contributed by atoms with Crippen molar-refractivity contribution in [1.29, 1.82) is 0 Å². The molecule has 132 valence electrons. The van der Waals surface area contributed by atoms with Crippen LogP contribution >= 0.6 is 15.9 Å². The summed E-state index contributed by atoms with van der Waals surface area (Å²) in [4.78, 5) is 23.2. The zero-order valence-electron chi connectivity index (χ0n) is 14.0. The minimum Gasteiger partial charge on any atom is -0.492 e. The molecule has 0 aliphatic carbocycles. The fraction of sp³-hybridized carbons (Fsp3) is 0.263. The lowest BCUT2D eigenvalue weighted by Gasteiger charge is -2.11. The molecule has 0 aromatic heterocycles. The number of rotatable bonds is 7. The normalized spacial score (nSPS) is 10.6. The Bertz CT molecular complexity index is 770. The quantitative estimate of drug-likeness (QED) is 0.528. The van der Waals surface area contributed by atoms with Crippen LogP contribution in [0, 0.1) is 5.92 Å². The lowest BCUT2D eigenvalue weighted by molar-refractivity contribution is 0.0687. The number of ether oxygens (including phenoxy) is 2. The van der Waals surface area contributed by atoms with Gasteiger partial charge in [-0.3, -0.25) is 0 Å². The number of carboxylic acid groups (broad SMARTS) is 1. The summed E-state index contributed by atoms with van der Waals surface area (Å²) >= 11 is 3.39. The minimum absolute atomic E-state index is 0.0559. The molecule has 0 atom stereocenters. The standard InChI is InChI=1S/C19H19BrO5/c1-12(2)8-9-24-17-7-6-14(11-16(17)20)19(23)25-15-5-3-4-13(10-15)18(21)22/h3-7,10-12H,8-9H2,1-2H3,(H,21,22). The summed E-state index contributed by atoms with van der Waals surface area (Å²) < 4.78 is 11.6. The first kappa shape index (κ1) is 19.0. The van der Waals surface area contributed by atoms with E-state index in [0.29, 0.717) is 28.3 Å². The Kier molecular flexibility index (Phi) is 6.58. The van der Waals surface area contributed by atoms with E-state index in [1.165, 1.54) is 24.3 Å². The van der Waals surface area contributed by atoms with E-state index in [-0.39, 0.29) is 11.3 Å². The molecule has 0 saturated carbocycles. The van der Waals surface area contributed by atoms with Crippen LogP contribution in [-0.2, 0) is 0 Å². The van der Waals surface area contributed by atoms with Crippen LogP contribution in [0.2, 0.25) is 0 Å². The van der Waals surface area contributed by atoms with Crippen LogP contribution in [0.3, 0.4) is 0 Å². The second-order valence-corrected chi connectivity index (χ2v) is 6.75. The predicted molar refractivity (Wildman–Crippen MR) is 97.5 cm³/mol. The van der Waals surface area contributed by atoms with Crippen LogP contribution in [0.4, 0.5) is 0 Å². The van der Waals surface area contributed by atoms with Crippen molar-refractivity contribution in [1.82, 2.24) is 0 Å². The first-order valence-corrected chi connectivity index (χ1v) is 8.64. The number of carboxylic acids is 1. The maximum atomic E-state index is 12.2. The van der Waals surface area contributed by atoms with Crippen molar-refractivity contribution < 1.29 is 24.2 Å². The number of carbonyl (C=O) groups excluding carboxylic acids is 1. The number of esters is 1. The van der Waals surface area contributed by atoms with Gasteiger partial charge < -0.3 is 14.6 Å². The van der Waals surface area contributed by atoms with Crippen molar-refractivity contribution in [2.45, 2.75) is 20.3 Å². The molecular weight excluding hydrogens is 388 g/mol. The molecule has 0 heterocycles. The number of aromatic carboxylic acids is 1. The van der Waals surface area contributed by atoms with Gasteiger partial charge in [0.15, 0.2) is 0 Å². The van der Waals surface area contributed by atoms with Crippen molar-refractivity contribution in [3.8, 4) is 11.5 Å². The second-order valence-electron chi connectivity index (χ2n) is 5.90. The van der Waals surface area contributed by atoms with E-state index in [2.05, 4.69) is 29.8 Å². The summed E-state index contributed by atoms with van der Waals surface area (Å²) in [5.74, 6) is -0.265. The molecule has 0 amide bonds.